The van der Waals surface area contributed by atoms with E-state index in [1.165, 1.54) is 0 Å². The molecule has 3 atom stereocenters. The van der Waals surface area contributed by atoms with E-state index in [1.54, 1.807) is 11.0 Å². The smallest absolute Gasteiger partial charge is 0.246 e. The second-order valence-corrected chi connectivity index (χ2v) is 5.27. The number of hydrogen-bond donors (Lipinski definition) is 1. The SMILES string of the molecule is C=CCC(C)N1C(=O)C(C(C)C)NC(=O)C1CC. The maximum Gasteiger partial charge on any atom is 0.246 e. The van der Waals surface area contributed by atoms with E-state index in [1.807, 2.05) is 27.7 Å². The van der Waals surface area contributed by atoms with Gasteiger partial charge in [-0.1, -0.05) is 26.8 Å². The Bertz CT molecular complexity index is 339. The molecule has 0 aromatic heterocycles. The molecule has 102 valence electrons. The standard InChI is InChI=1S/C14H24N2O2/c1-6-8-10(5)16-11(7-2)13(17)15-12(9(3)4)14(16)18/h6,9-12H,1,7-8H2,2-5H3,(H,15,17). The van der Waals surface area contributed by atoms with Gasteiger partial charge in [-0.05, 0) is 25.7 Å². The molecule has 1 aliphatic heterocycles. The van der Waals surface area contributed by atoms with Crippen LogP contribution in [0, 0.1) is 5.92 Å². The maximum atomic E-state index is 12.5. The molecule has 1 N–H and O–H groups in total. The lowest BCUT2D eigenvalue weighted by Crippen LogP contribution is -2.66. The summed E-state index contributed by atoms with van der Waals surface area (Å²) in [6.07, 6.45) is 3.14. The number of carbonyl (C=O) groups is 2. The van der Waals surface area contributed by atoms with Crippen LogP contribution in [0.2, 0.25) is 0 Å². The molecule has 0 aromatic carbocycles. The molecule has 0 saturated carbocycles. The van der Waals surface area contributed by atoms with E-state index in [0.717, 1.165) is 0 Å². The molecule has 0 bridgehead atoms. The fourth-order valence-corrected chi connectivity index (χ4v) is 2.46. The Morgan fingerprint density at radius 2 is 2.00 bits per heavy atom. The van der Waals surface area contributed by atoms with Crippen LogP contribution < -0.4 is 5.32 Å². The van der Waals surface area contributed by atoms with Crippen LogP contribution in [0.15, 0.2) is 12.7 Å². The predicted molar refractivity (Wildman–Crippen MR) is 72.0 cm³/mol. The number of nitrogens with one attached hydrogen (secondary N) is 1. The Labute approximate surface area is 109 Å². The van der Waals surface area contributed by atoms with Crippen LogP contribution in [0.25, 0.3) is 0 Å². The fourth-order valence-electron chi connectivity index (χ4n) is 2.46. The van der Waals surface area contributed by atoms with Gasteiger partial charge in [0.15, 0.2) is 0 Å². The molecule has 0 aliphatic carbocycles. The highest BCUT2D eigenvalue weighted by Gasteiger charge is 2.42. The molecule has 4 nitrogen and oxygen atoms in total. The van der Waals surface area contributed by atoms with Crippen LogP contribution in [-0.2, 0) is 9.59 Å². The normalized spacial score (nSPS) is 26.2. The van der Waals surface area contributed by atoms with Gasteiger partial charge < -0.3 is 10.2 Å². The molecular weight excluding hydrogens is 228 g/mol. The Kier molecular flexibility index (Phi) is 4.93. The number of amides is 2. The molecule has 2 amide bonds. The summed E-state index contributed by atoms with van der Waals surface area (Å²) in [4.78, 5) is 26.3. The van der Waals surface area contributed by atoms with Gasteiger partial charge in [0.25, 0.3) is 0 Å². The largest absolute Gasteiger partial charge is 0.342 e. The van der Waals surface area contributed by atoms with Crippen molar-refractivity contribution in [2.75, 3.05) is 0 Å². The van der Waals surface area contributed by atoms with Crippen LogP contribution in [0.3, 0.4) is 0 Å². The van der Waals surface area contributed by atoms with Crippen molar-refractivity contribution in [2.24, 2.45) is 5.92 Å². The molecule has 1 saturated heterocycles. The van der Waals surface area contributed by atoms with Crippen molar-refractivity contribution in [3.8, 4) is 0 Å². The van der Waals surface area contributed by atoms with E-state index >= 15 is 0 Å². The topological polar surface area (TPSA) is 49.4 Å². The Morgan fingerprint density at radius 1 is 1.39 bits per heavy atom. The minimum Gasteiger partial charge on any atom is -0.342 e. The lowest BCUT2D eigenvalue weighted by Gasteiger charge is -2.43. The third-order valence-corrected chi connectivity index (χ3v) is 3.49. The quantitative estimate of drug-likeness (QED) is 0.757. The minimum absolute atomic E-state index is 0.0206. The molecule has 0 spiro atoms. The van der Waals surface area contributed by atoms with Crippen molar-refractivity contribution in [1.82, 2.24) is 10.2 Å². The molecular formula is C14H24N2O2. The molecule has 1 fully saturated rings. The zero-order chi connectivity index (χ0) is 13.9. The molecule has 18 heavy (non-hydrogen) atoms. The molecule has 0 radical (unpaired) electrons. The third-order valence-electron chi connectivity index (χ3n) is 3.49. The van der Waals surface area contributed by atoms with Gasteiger partial charge in [0.1, 0.15) is 12.1 Å². The number of piperazine rings is 1. The zero-order valence-corrected chi connectivity index (χ0v) is 11.8. The molecule has 4 heteroatoms. The van der Waals surface area contributed by atoms with E-state index in [9.17, 15) is 9.59 Å². The molecule has 1 aliphatic rings. The first-order valence-corrected chi connectivity index (χ1v) is 6.67. The van der Waals surface area contributed by atoms with Crippen LogP contribution in [0.4, 0.5) is 0 Å². The Balaban J connectivity index is 3.01. The van der Waals surface area contributed by atoms with Gasteiger partial charge in [0.2, 0.25) is 11.8 Å². The minimum atomic E-state index is -0.396. The molecule has 1 heterocycles. The number of rotatable bonds is 5. The monoisotopic (exact) mass is 252 g/mol. The summed E-state index contributed by atoms with van der Waals surface area (Å²) < 4.78 is 0. The first-order valence-electron chi connectivity index (χ1n) is 6.67. The van der Waals surface area contributed by atoms with Gasteiger partial charge in [-0.15, -0.1) is 6.58 Å². The van der Waals surface area contributed by atoms with E-state index in [0.29, 0.717) is 12.8 Å². The van der Waals surface area contributed by atoms with Crippen LogP contribution in [-0.4, -0.2) is 34.8 Å². The highest BCUT2D eigenvalue weighted by molar-refractivity contribution is 5.97. The van der Waals surface area contributed by atoms with E-state index < -0.39 is 6.04 Å². The third kappa shape index (κ3) is 2.74. The van der Waals surface area contributed by atoms with Crippen LogP contribution in [0.1, 0.15) is 40.5 Å². The van der Waals surface area contributed by atoms with Crippen LogP contribution in [0.5, 0.6) is 0 Å². The Hall–Kier alpha value is -1.32. The van der Waals surface area contributed by atoms with Gasteiger partial charge in [0, 0.05) is 6.04 Å². The van der Waals surface area contributed by atoms with Gasteiger partial charge in [0.05, 0.1) is 0 Å². The van der Waals surface area contributed by atoms with Gasteiger partial charge in [-0.2, -0.15) is 0 Å². The van der Waals surface area contributed by atoms with Crippen molar-refractivity contribution >= 4 is 11.8 Å². The van der Waals surface area contributed by atoms with Crippen molar-refractivity contribution < 1.29 is 9.59 Å². The van der Waals surface area contributed by atoms with Crippen molar-refractivity contribution in [3.05, 3.63) is 12.7 Å². The van der Waals surface area contributed by atoms with E-state index in [-0.39, 0.29) is 29.8 Å². The Morgan fingerprint density at radius 3 is 2.44 bits per heavy atom. The van der Waals surface area contributed by atoms with Crippen molar-refractivity contribution in [2.45, 2.75) is 58.7 Å². The average Bonchev–Trinajstić information content (AvgIpc) is 2.30. The zero-order valence-electron chi connectivity index (χ0n) is 11.8. The summed E-state index contributed by atoms with van der Waals surface area (Å²) in [5.74, 6) is 0.107. The number of carbonyl (C=O) groups excluding carboxylic acids is 2. The maximum absolute atomic E-state index is 12.5. The van der Waals surface area contributed by atoms with Gasteiger partial charge >= 0.3 is 0 Å². The first-order chi connectivity index (χ1) is 8.43. The summed E-state index contributed by atoms with van der Waals surface area (Å²) in [5.41, 5.74) is 0. The van der Waals surface area contributed by atoms with E-state index in [4.69, 9.17) is 0 Å². The number of hydrogen-bond acceptors (Lipinski definition) is 2. The summed E-state index contributed by atoms with van der Waals surface area (Å²) in [5, 5.41) is 2.84. The highest BCUT2D eigenvalue weighted by Crippen LogP contribution is 2.21. The summed E-state index contributed by atoms with van der Waals surface area (Å²) >= 11 is 0. The fraction of sp³-hybridized carbons (Fsp3) is 0.714. The lowest BCUT2D eigenvalue weighted by molar-refractivity contribution is -0.153. The summed E-state index contributed by atoms with van der Waals surface area (Å²) in [7, 11) is 0. The second kappa shape index (κ2) is 6.03. The van der Waals surface area contributed by atoms with Crippen molar-refractivity contribution in [1.29, 1.82) is 0 Å². The first kappa shape index (κ1) is 14.7. The highest BCUT2D eigenvalue weighted by atomic mass is 16.2. The van der Waals surface area contributed by atoms with E-state index in [2.05, 4.69) is 11.9 Å². The van der Waals surface area contributed by atoms with Crippen molar-refractivity contribution in [3.63, 3.8) is 0 Å². The number of nitrogens with zero attached hydrogens (tertiary/aromatic N) is 1. The molecule has 1 rings (SSSR count). The lowest BCUT2D eigenvalue weighted by atomic mass is 9.95. The summed E-state index contributed by atoms with van der Waals surface area (Å²) in [6, 6.07) is -0.720. The second-order valence-electron chi connectivity index (χ2n) is 5.27. The van der Waals surface area contributed by atoms with Crippen LogP contribution >= 0.6 is 0 Å². The van der Waals surface area contributed by atoms with Gasteiger partial charge in [-0.25, -0.2) is 0 Å². The predicted octanol–water partition coefficient (Wildman–Crippen LogP) is 1.71. The van der Waals surface area contributed by atoms with Gasteiger partial charge in [-0.3, -0.25) is 9.59 Å². The molecule has 0 aromatic rings. The summed E-state index contributed by atoms with van der Waals surface area (Å²) in [6.45, 7) is 11.5. The average molecular weight is 252 g/mol. The molecule has 3 unspecified atom stereocenters.